The molecule has 0 unspecified atom stereocenters. The minimum Gasteiger partial charge on any atom is -0.486 e. The second-order valence-corrected chi connectivity index (χ2v) is 9.30. The van der Waals surface area contributed by atoms with Gasteiger partial charge in [0.05, 0.1) is 4.90 Å². The third-order valence-corrected chi connectivity index (χ3v) is 7.14. The van der Waals surface area contributed by atoms with E-state index in [4.69, 9.17) is 9.47 Å². The predicted molar refractivity (Wildman–Crippen MR) is 112 cm³/mol. The fraction of sp³-hybridized carbons (Fsp3) is 0.381. The molecular formula is C21H24FN3O5S. The quantitative estimate of drug-likeness (QED) is 0.725. The van der Waals surface area contributed by atoms with Gasteiger partial charge in [0.2, 0.25) is 15.9 Å². The SMILES string of the molecule is O=C(CCN1CCN(S(=O)(=O)c2cccc(F)c2)CC1)Nc1ccc2c(c1)OCCO2. The van der Waals surface area contributed by atoms with Crippen LogP contribution in [-0.2, 0) is 14.8 Å². The molecule has 0 saturated carbocycles. The van der Waals surface area contributed by atoms with Gasteiger partial charge in [0.15, 0.2) is 11.5 Å². The lowest BCUT2D eigenvalue weighted by molar-refractivity contribution is -0.116. The van der Waals surface area contributed by atoms with Crippen LogP contribution in [-0.4, -0.2) is 69.5 Å². The lowest BCUT2D eigenvalue weighted by atomic mass is 10.2. The number of piperazine rings is 1. The Kier molecular flexibility index (Phi) is 6.40. The van der Waals surface area contributed by atoms with E-state index in [1.165, 1.54) is 22.5 Å². The van der Waals surface area contributed by atoms with Crippen LogP contribution in [0.5, 0.6) is 11.5 Å². The molecule has 1 fully saturated rings. The van der Waals surface area contributed by atoms with Gasteiger partial charge in [0, 0.05) is 50.9 Å². The highest BCUT2D eigenvalue weighted by Crippen LogP contribution is 2.32. The van der Waals surface area contributed by atoms with E-state index in [1.807, 2.05) is 4.90 Å². The second-order valence-electron chi connectivity index (χ2n) is 7.36. The van der Waals surface area contributed by atoms with Gasteiger partial charge in [0.1, 0.15) is 19.0 Å². The van der Waals surface area contributed by atoms with Crippen LogP contribution in [0, 0.1) is 5.82 Å². The van der Waals surface area contributed by atoms with Gasteiger partial charge in [-0.05, 0) is 30.3 Å². The molecule has 2 aromatic rings. The number of hydrogen-bond acceptors (Lipinski definition) is 6. The molecule has 0 aliphatic carbocycles. The van der Waals surface area contributed by atoms with E-state index >= 15 is 0 Å². The number of anilines is 1. The Bertz CT molecular complexity index is 1050. The predicted octanol–water partition coefficient (Wildman–Crippen LogP) is 1.93. The zero-order valence-corrected chi connectivity index (χ0v) is 17.7. The van der Waals surface area contributed by atoms with Crippen molar-refractivity contribution in [3.63, 3.8) is 0 Å². The third kappa shape index (κ3) is 5.15. The van der Waals surface area contributed by atoms with Crippen molar-refractivity contribution in [1.82, 2.24) is 9.21 Å². The lowest BCUT2D eigenvalue weighted by Crippen LogP contribution is -2.49. The number of fused-ring (bicyclic) bond motifs is 1. The summed E-state index contributed by atoms with van der Waals surface area (Å²) < 4.78 is 51.1. The van der Waals surface area contributed by atoms with Crippen LogP contribution < -0.4 is 14.8 Å². The average molecular weight is 450 g/mol. The maximum atomic E-state index is 13.4. The van der Waals surface area contributed by atoms with Crippen molar-refractivity contribution in [2.45, 2.75) is 11.3 Å². The van der Waals surface area contributed by atoms with Gasteiger partial charge >= 0.3 is 0 Å². The van der Waals surface area contributed by atoms with Crippen LogP contribution in [0.4, 0.5) is 10.1 Å². The molecule has 8 nitrogen and oxygen atoms in total. The van der Waals surface area contributed by atoms with E-state index in [9.17, 15) is 17.6 Å². The molecule has 31 heavy (non-hydrogen) atoms. The molecular weight excluding hydrogens is 425 g/mol. The third-order valence-electron chi connectivity index (χ3n) is 5.25. The average Bonchev–Trinajstić information content (AvgIpc) is 2.78. The molecule has 1 N–H and O–H groups in total. The Morgan fingerprint density at radius 1 is 1.00 bits per heavy atom. The Hall–Kier alpha value is -2.69. The van der Waals surface area contributed by atoms with E-state index < -0.39 is 15.8 Å². The van der Waals surface area contributed by atoms with E-state index in [2.05, 4.69) is 5.32 Å². The molecule has 1 amide bonds. The van der Waals surface area contributed by atoms with Gasteiger partial charge in [-0.25, -0.2) is 12.8 Å². The van der Waals surface area contributed by atoms with Gasteiger partial charge in [-0.3, -0.25) is 4.79 Å². The number of rotatable bonds is 6. The summed E-state index contributed by atoms with van der Waals surface area (Å²) in [5.74, 6) is 0.560. The molecule has 10 heteroatoms. The highest BCUT2D eigenvalue weighted by atomic mass is 32.2. The lowest BCUT2D eigenvalue weighted by Gasteiger charge is -2.33. The molecule has 1 saturated heterocycles. The number of amides is 1. The van der Waals surface area contributed by atoms with Crippen molar-refractivity contribution in [2.24, 2.45) is 0 Å². The second kappa shape index (κ2) is 9.21. The minimum atomic E-state index is -3.72. The summed E-state index contributed by atoms with van der Waals surface area (Å²) >= 11 is 0. The summed E-state index contributed by atoms with van der Waals surface area (Å²) in [6.45, 7) is 3.11. The topological polar surface area (TPSA) is 88.2 Å². The first-order valence-corrected chi connectivity index (χ1v) is 11.5. The summed E-state index contributed by atoms with van der Waals surface area (Å²) in [4.78, 5) is 14.3. The van der Waals surface area contributed by atoms with E-state index in [1.54, 1.807) is 18.2 Å². The number of carbonyl (C=O) groups excluding carboxylic acids is 1. The van der Waals surface area contributed by atoms with Crippen molar-refractivity contribution in [1.29, 1.82) is 0 Å². The molecule has 0 aromatic heterocycles. The molecule has 0 radical (unpaired) electrons. The normalized spacial score (nSPS) is 17.3. The molecule has 2 aromatic carbocycles. The Morgan fingerprint density at radius 3 is 2.48 bits per heavy atom. The molecule has 0 atom stereocenters. The number of nitrogens with one attached hydrogen (secondary N) is 1. The number of hydrogen-bond donors (Lipinski definition) is 1. The summed E-state index contributed by atoms with van der Waals surface area (Å²) in [6, 6.07) is 10.3. The number of halogens is 1. The monoisotopic (exact) mass is 449 g/mol. The number of benzene rings is 2. The summed E-state index contributed by atoms with van der Waals surface area (Å²) in [7, 11) is -3.72. The van der Waals surface area contributed by atoms with Crippen LogP contribution >= 0.6 is 0 Å². The Balaban J connectivity index is 1.25. The zero-order chi connectivity index (χ0) is 21.8. The molecule has 2 aliphatic heterocycles. The van der Waals surface area contributed by atoms with Gasteiger partial charge in [-0.1, -0.05) is 6.07 Å². The fourth-order valence-corrected chi connectivity index (χ4v) is 5.03. The highest BCUT2D eigenvalue weighted by Gasteiger charge is 2.28. The van der Waals surface area contributed by atoms with Crippen molar-refractivity contribution in [2.75, 3.05) is 51.3 Å². The standard InChI is InChI=1S/C21H24FN3O5S/c22-16-2-1-3-18(14-16)31(27,28)25-10-8-24(9-11-25)7-6-21(26)23-17-4-5-19-20(15-17)30-13-12-29-19/h1-5,14-15H,6-13H2,(H,23,26). The van der Waals surface area contributed by atoms with Gasteiger partial charge < -0.3 is 19.7 Å². The van der Waals surface area contributed by atoms with Gasteiger partial charge in [-0.2, -0.15) is 4.31 Å². The summed E-state index contributed by atoms with van der Waals surface area (Å²) in [5, 5.41) is 2.85. The molecule has 0 spiro atoms. The van der Waals surface area contributed by atoms with Crippen molar-refractivity contribution in [3.05, 3.63) is 48.3 Å². The van der Waals surface area contributed by atoms with Crippen LogP contribution in [0.3, 0.4) is 0 Å². The van der Waals surface area contributed by atoms with E-state index in [0.29, 0.717) is 63.1 Å². The largest absolute Gasteiger partial charge is 0.486 e. The first-order chi connectivity index (χ1) is 14.9. The Labute approximate surface area is 180 Å². The minimum absolute atomic E-state index is 0.0419. The maximum Gasteiger partial charge on any atom is 0.243 e. The number of carbonyl (C=O) groups is 1. The first kappa shape index (κ1) is 21.5. The molecule has 4 rings (SSSR count). The van der Waals surface area contributed by atoms with Crippen molar-refractivity contribution in [3.8, 4) is 11.5 Å². The van der Waals surface area contributed by atoms with E-state index in [0.717, 1.165) is 6.07 Å². The number of nitrogens with zero attached hydrogens (tertiary/aromatic N) is 2. The zero-order valence-electron chi connectivity index (χ0n) is 16.9. The van der Waals surface area contributed by atoms with Crippen LogP contribution in [0.2, 0.25) is 0 Å². The smallest absolute Gasteiger partial charge is 0.243 e. The number of sulfonamides is 1. The highest BCUT2D eigenvalue weighted by molar-refractivity contribution is 7.89. The molecule has 2 heterocycles. The summed E-state index contributed by atoms with van der Waals surface area (Å²) in [6.07, 6.45) is 0.283. The first-order valence-electron chi connectivity index (χ1n) is 10.1. The Morgan fingerprint density at radius 2 is 1.74 bits per heavy atom. The van der Waals surface area contributed by atoms with Crippen molar-refractivity contribution >= 4 is 21.6 Å². The molecule has 2 aliphatic rings. The maximum absolute atomic E-state index is 13.4. The van der Waals surface area contributed by atoms with Crippen LogP contribution in [0.1, 0.15) is 6.42 Å². The van der Waals surface area contributed by atoms with Crippen molar-refractivity contribution < 1.29 is 27.1 Å². The number of ether oxygens (including phenoxy) is 2. The van der Waals surface area contributed by atoms with Crippen LogP contribution in [0.15, 0.2) is 47.4 Å². The van der Waals surface area contributed by atoms with Gasteiger partial charge in [-0.15, -0.1) is 0 Å². The molecule has 166 valence electrons. The summed E-state index contributed by atoms with van der Waals surface area (Å²) in [5.41, 5.74) is 0.639. The van der Waals surface area contributed by atoms with Crippen LogP contribution in [0.25, 0.3) is 0 Å². The fourth-order valence-electron chi connectivity index (χ4n) is 3.57. The van der Waals surface area contributed by atoms with E-state index in [-0.39, 0.29) is 17.2 Å². The molecule has 0 bridgehead atoms. The van der Waals surface area contributed by atoms with Gasteiger partial charge in [0.25, 0.3) is 0 Å².